The number of ether oxygens (including phenoxy) is 2. The maximum Gasteiger partial charge on any atom is 0.0559 e. The fourth-order valence-corrected chi connectivity index (χ4v) is 5.62. The van der Waals surface area contributed by atoms with Crippen molar-refractivity contribution in [1.29, 1.82) is 0 Å². The van der Waals surface area contributed by atoms with Crippen molar-refractivity contribution in [3.8, 4) is 0 Å². The van der Waals surface area contributed by atoms with Gasteiger partial charge in [0.1, 0.15) is 0 Å². The van der Waals surface area contributed by atoms with Crippen LogP contribution in [-0.4, -0.2) is 71.0 Å². The van der Waals surface area contributed by atoms with E-state index in [1.807, 2.05) is 0 Å². The monoisotopic (exact) mass is 456 g/mol. The molecule has 0 saturated heterocycles. The third kappa shape index (κ3) is 9.55. The smallest absolute Gasteiger partial charge is 0.0559 e. The maximum absolute atomic E-state index is 10.2. The topological polar surface area (TPSA) is 83.0 Å². The molecule has 6 unspecified atom stereocenters. The summed E-state index contributed by atoms with van der Waals surface area (Å²) in [4.78, 5) is 0. The molecular formula is C26H52N2O4. The van der Waals surface area contributed by atoms with Crippen LogP contribution in [0.25, 0.3) is 0 Å². The van der Waals surface area contributed by atoms with Crippen LogP contribution in [0.2, 0.25) is 0 Å². The van der Waals surface area contributed by atoms with E-state index in [2.05, 4.69) is 59.1 Å². The van der Waals surface area contributed by atoms with E-state index in [4.69, 9.17) is 9.47 Å². The molecule has 6 heteroatoms. The molecule has 4 N–H and O–H groups in total. The minimum Gasteiger partial charge on any atom is -0.393 e. The predicted molar refractivity (Wildman–Crippen MR) is 131 cm³/mol. The summed E-state index contributed by atoms with van der Waals surface area (Å²) in [7, 11) is 0. The number of aliphatic hydroxyl groups excluding tert-OH is 2. The quantitative estimate of drug-likeness (QED) is 0.318. The van der Waals surface area contributed by atoms with E-state index in [0.29, 0.717) is 24.6 Å². The molecule has 0 aromatic carbocycles. The predicted octanol–water partition coefficient (Wildman–Crippen LogP) is 3.78. The molecule has 2 saturated carbocycles. The Morgan fingerprint density at radius 1 is 1.03 bits per heavy atom. The van der Waals surface area contributed by atoms with Crippen LogP contribution in [0.15, 0.2) is 0 Å². The molecule has 2 rings (SSSR count). The van der Waals surface area contributed by atoms with Crippen molar-refractivity contribution in [1.82, 2.24) is 10.6 Å². The molecule has 0 aromatic rings. The summed E-state index contributed by atoms with van der Waals surface area (Å²) in [6, 6.07) is 0.765. The molecule has 0 heterocycles. The fourth-order valence-electron chi connectivity index (χ4n) is 5.62. The number of hydrogen-bond donors (Lipinski definition) is 4. The van der Waals surface area contributed by atoms with Crippen LogP contribution >= 0.6 is 0 Å². The van der Waals surface area contributed by atoms with Crippen LogP contribution in [0.5, 0.6) is 0 Å². The van der Waals surface area contributed by atoms with Gasteiger partial charge >= 0.3 is 0 Å². The molecule has 32 heavy (non-hydrogen) atoms. The Labute approximate surface area is 197 Å². The highest BCUT2D eigenvalue weighted by Crippen LogP contribution is 2.36. The zero-order chi connectivity index (χ0) is 23.9. The fraction of sp³-hybridized carbons (Fsp3) is 1.00. The molecule has 0 aromatic heterocycles. The second kappa shape index (κ2) is 12.5. The number of aliphatic hydroxyl groups is 2. The highest BCUT2D eigenvalue weighted by Gasteiger charge is 2.41. The Morgan fingerprint density at radius 3 is 2.34 bits per heavy atom. The minimum absolute atomic E-state index is 0.0369. The van der Waals surface area contributed by atoms with Crippen LogP contribution < -0.4 is 10.6 Å². The highest BCUT2D eigenvalue weighted by molar-refractivity contribution is 5.00. The van der Waals surface area contributed by atoms with Gasteiger partial charge in [-0.1, -0.05) is 13.8 Å². The lowest BCUT2D eigenvalue weighted by atomic mass is 9.86. The summed E-state index contributed by atoms with van der Waals surface area (Å²) < 4.78 is 12.1. The molecule has 6 nitrogen and oxygen atoms in total. The van der Waals surface area contributed by atoms with E-state index in [-0.39, 0.29) is 35.5 Å². The van der Waals surface area contributed by atoms with E-state index in [1.165, 1.54) is 0 Å². The van der Waals surface area contributed by atoms with Gasteiger partial charge in [-0.2, -0.15) is 0 Å². The average molecular weight is 457 g/mol. The molecule has 0 amide bonds. The zero-order valence-corrected chi connectivity index (χ0v) is 21.8. The van der Waals surface area contributed by atoms with E-state index in [0.717, 1.165) is 58.0 Å². The first kappa shape index (κ1) is 28.0. The van der Waals surface area contributed by atoms with Crippen molar-refractivity contribution in [3.05, 3.63) is 0 Å². The summed E-state index contributed by atoms with van der Waals surface area (Å²) in [5, 5.41) is 27.8. The van der Waals surface area contributed by atoms with Crippen molar-refractivity contribution in [2.45, 2.75) is 147 Å². The first-order valence-electron chi connectivity index (χ1n) is 13.0. The van der Waals surface area contributed by atoms with Crippen molar-refractivity contribution in [2.75, 3.05) is 13.2 Å². The van der Waals surface area contributed by atoms with E-state index in [1.54, 1.807) is 0 Å². The Kier molecular flexibility index (Phi) is 10.9. The molecular weight excluding hydrogens is 404 g/mol. The van der Waals surface area contributed by atoms with Crippen LogP contribution in [0.1, 0.15) is 99.8 Å². The largest absolute Gasteiger partial charge is 0.393 e. The zero-order valence-electron chi connectivity index (χ0n) is 21.8. The molecule has 0 spiro atoms. The van der Waals surface area contributed by atoms with Crippen LogP contribution in [0, 0.1) is 5.92 Å². The molecule has 0 aliphatic heterocycles. The molecule has 190 valence electrons. The molecule has 0 bridgehead atoms. The first-order chi connectivity index (χ1) is 14.9. The van der Waals surface area contributed by atoms with Gasteiger partial charge in [0.25, 0.3) is 0 Å². The van der Waals surface area contributed by atoms with Crippen LogP contribution in [-0.2, 0) is 9.47 Å². The Balaban J connectivity index is 1.80. The van der Waals surface area contributed by atoms with E-state index < -0.39 is 0 Å². The van der Waals surface area contributed by atoms with Gasteiger partial charge in [-0.25, -0.2) is 0 Å². The van der Waals surface area contributed by atoms with E-state index >= 15 is 0 Å². The Hall–Kier alpha value is -0.240. The summed E-state index contributed by atoms with van der Waals surface area (Å²) in [5.74, 6) is 0.380. The number of hydrogen-bond acceptors (Lipinski definition) is 6. The standard InChI is InChI=1S/C26H52N2O4/c1-18(2)27-24-15-23(30)14-21(24)17-32-20(5)8-10-25(6,7)28-26(11-9-22(29)16-26)12-13-31-19(3)4/h18-24,27-30H,8-17H2,1-7H3. The van der Waals surface area contributed by atoms with Crippen molar-refractivity contribution < 1.29 is 19.7 Å². The lowest BCUT2D eigenvalue weighted by Crippen LogP contribution is -2.55. The average Bonchev–Trinajstić information content (AvgIpc) is 3.19. The van der Waals surface area contributed by atoms with Gasteiger partial charge in [0.05, 0.1) is 31.0 Å². The first-order valence-corrected chi connectivity index (χ1v) is 13.0. The van der Waals surface area contributed by atoms with Crippen molar-refractivity contribution in [2.24, 2.45) is 5.92 Å². The molecule has 0 radical (unpaired) electrons. The van der Waals surface area contributed by atoms with Gasteiger partial charge in [0.2, 0.25) is 0 Å². The summed E-state index contributed by atoms with van der Waals surface area (Å²) in [5.41, 5.74) is -0.0809. The second-order valence-corrected chi connectivity index (χ2v) is 11.9. The lowest BCUT2D eigenvalue weighted by molar-refractivity contribution is 0.0201. The summed E-state index contributed by atoms with van der Waals surface area (Å²) >= 11 is 0. The number of rotatable bonds is 14. The van der Waals surface area contributed by atoms with Crippen molar-refractivity contribution >= 4 is 0 Å². The van der Waals surface area contributed by atoms with Gasteiger partial charge in [-0.15, -0.1) is 0 Å². The lowest BCUT2D eigenvalue weighted by Gasteiger charge is -2.40. The van der Waals surface area contributed by atoms with Gasteiger partial charge in [-0.05, 0) is 86.0 Å². The highest BCUT2D eigenvalue weighted by atomic mass is 16.5. The van der Waals surface area contributed by atoms with Crippen molar-refractivity contribution in [3.63, 3.8) is 0 Å². The minimum atomic E-state index is -0.214. The molecule has 2 aliphatic rings. The SMILES string of the molecule is CC(C)NC1CC(O)CC1COC(C)CCC(C)(C)NC1(CCOC(C)C)CCC(O)C1. The summed E-state index contributed by atoms with van der Waals surface area (Å²) in [6.45, 7) is 16.6. The van der Waals surface area contributed by atoms with Gasteiger partial charge in [0.15, 0.2) is 0 Å². The Morgan fingerprint density at radius 2 is 1.75 bits per heavy atom. The summed E-state index contributed by atoms with van der Waals surface area (Å²) in [6.07, 6.45) is 7.25. The normalized spacial score (nSPS) is 32.3. The molecule has 6 atom stereocenters. The third-order valence-corrected chi connectivity index (χ3v) is 7.21. The molecule has 2 aliphatic carbocycles. The van der Waals surface area contributed by atoms with Crippen LogP contribution in [0.3, 0.4) is 0 Å². The molecule has 2 fully saturated rings. The third-order valence-electron chi connectivity index (χ3n) is 7.21. The van der Waals surface area contributed by atoms with E-state index in [9.17, 15) is 10.2 Å². The Bertz CT molecular complexity index is 542. The van der Waals surface area contributed by atoms with Gasteiger partial charge < -0.3 is 30.3 Å². The van der Waals surface area contributed by atoms with Gasteiger partial charge in [-0.3, -0.25) is 0 Å². The second-order valence-electron chi connectivity index (χ2n) is 11.9. The van der Waals surface area contributed by atoms with Crippen LogP contribution in [0.4, 0.5) is 0 Å². The maximum atomic E-state index is 10.2. The van der Waals surface area contributed by atoms with Gasteiger partial charge in [0, 0.05) is 35.7 Å². The number of nitrogens with one attached hydrogen (secondary N) is 2.